The highest BCUT2D eigenvalue weighted by molar-refractivity contribution is 7.89. The maximum absolute atomic E-state index is 12.7. The van der Waals surface area contributed by atoms with E-state index in [2.05, 4.69) is 30.2 Å². The van der Waals surface area contributed by atoms with Crippen molar-refractivity contribution in [1.82, 2.24) is 9.62 Å². The molecule has 0 saturated carbocycles. The molecule has 0 amide bonds. The Kier molecular flexibility index (Phi) is 10.4. The summed E-state index contributed by atoms with van der Waals surface area (Å²) in [6.45, 7) is 7.71. The number of hydrogen-bond acceptors (Lipinski definition) is 6. The van der Waals surface area contributed by atoms with Gasteiger partial charge in [-0.25, -0.2) is 13.1 Å². The smallest absolute Gasteiger partial charge is 0.240 e. The van der Waals surface area contributed by atoms with Crippen molar-refractivity contribution in [2.75, 3.05) is 20.1 Å². The second-order valence-electron chi connectivity index (χ2n) is 11.3. The summed E-state index contributed by atoms with van der Waals surface area (Å²) < 4.78 is 41.2. The minimum Gasteiger partial charge on any atom is -0.392 e. The van der Waals surface area contributed by atoms with Gasteiger partial charge < -0.3 is 19.5 Å². The van der Waals surface area contributed by atoms with Gasteiger partial charge in [0.2, 0.25) is 10.0 Å². The maximum atomic E-state index is 12.7. The van der Waals surface area contributed by atoms with Crippen molar-refractivity contribution >= 4 is 10.0 Å². The fraction of sp³-hybridized carbons (Fsp3) is 0.278. The Hall–Kier alpha value is -3.63. The van der Waals surface area contributed by atoms with E-state index in [1.165, 1.54) is 0 Å². The lowest BCUT2D eigenvalue weighted by Crippen LogP contribution is -2.43. The number of benzene rings is 4. The molecule has 0 unspecified atom stereocenters. The summed E-state index contributed by atoms with van der Waals surface area (Å²) in [5.74, 6) is 0.0971. The van der Waals surface area contributed by atoms with Crippen LogP contribution in [0.5, 0.6) is 0 Å². The Labute approximate surface area is 260 Å². The first-order chi connectivity index (χ1) is 21.3. The van der Waals surface area contributed by atoms with Gasteiger partial charge in [-0.1, -0.05) is 97.9 Å². The molecule has 7 nitrogen and oxygen atoms in total. The quantitative estimate of drug-likeness (QED) is 0.184. The number of hydrogen-bond donors (Lipinski definition) is 2. The van der Waals surface area contributed by atoms with Gasteiger partial charge >= 0.3 is 0 Å². The van der Waals surface area contributed by atoms with E-state index < -0.39 is 16.3 Å². The molecular formula is C36H40N2O5S. The van der Waals surface area contributed by atoms with Crippen LogP contribution in [0.1, 0.15) is 41.6 Å². The lowest BCUT2D eigenvalue weighted by Gasteiger charge is -2.42. The van der Waals surface area contributed by atoms with Gasteiger partial charge in [0, 0.05) is 31.1 Å². The lowest BCUT2D eigenvalue weighted by atomic mass is 9.90. The van der Waals surface area contributed by atoms with Crippen LogP contribution in [0.4, 0.5) is 0 Å². The van der Waals surface area contributed by atoms with Crippen molar-refractivity contribution in [2.24, 2.45) is 5.92 Å². The van der Waals surface area contributed by atoms with Crippen molar-refractivity contribution in [3.63, 3.8) is 0 Å². The van der Waals surface area contributed by atoms with E-state index >= 15 is 0 Å². The monoisotopic (exact) mass is 612 g/mol. The Balaban J connectivity index is 1.33. The van der Waals surface area contributed by atoms with Crippen LogP contribution in [0.15, 0.2) is 121 Å². The summed E-state index contributed by atoms with van der Waals surface area (Å²) in [6, 6.07) is 32.3. The summed E-state index contributed by atoms with van der Waals surface area (Å²) in [6.07, 6.45) is 1.08. The molecule has 44 heavy (non-hydrogen) atoms. The molecule has 4 aromatic rings. The van der Waals surface area contributed by atoms with Crippen molar-refractivity contribution in [2.45, 2.75) is 43.5 Å². The van der Waals surface area contributed by atoms with Gasteiger partial charge in [0.15, 0.2) is 6.29 Å². The zero-order valence-corrected chi connectivity index (χ0v) is 26.0. The molecular weight excluding hydrogens is 572 g/mol. The summed E-state index contributed by atoms with van der Waals surface area (Å²) >= 11 is 0. The minimum absolute atomic E-state index is 0.000618. The molecule has 230 valence electrons. The highest BCUT2D eigenvalue weighted by Gasteiger charge is 2.38. The second kappa shape index (κ2) is 14.4. The molecule has 4 aromatic carbocycles. The first-order valence-electron chi connectivity index (χ1n) is 14.8. The fourth-order valence-electron chi connectivity index (χ4n) is 5.49. The summed E-state index contributed by atoms with van der Waals surface area (Å²) in [7, 11) is -1.54. The maximum Gasteiger partial charge on any atom is 0.240 e. The van der Waals surface area contributed by atoms with Crippen LogP contribution in [0.25, 0.3) is 11.1 Å². The van der Waals surface area contributed by atoms with Gasteiger partial charge in [-0.15, -0.1) is 6.58 Å². The van der Waals surface area contributed by atoms with Gasteiger partial charge in [-0.3, -0.25) is 0 Å². The van der Waals surface area contributed by atoms with E-state index in [0.29, 0.717) is 0 Å². The molecule has 0 radical (unpaired) electrons. The third-order valence-electron chi connectivity index (χ3n) is 8.02. The molecule has 0 bridgehead atoms. The predicted octanol–water partition coefficient (Wildman–Crippen LogP) is 6.23. The van der Waals surface area contributed by atoms with Crippen LogP contribution >= 0.6 is 0 Å². The van der Waals surface area contributed by atoms with Crippen molar-refractivity contribution in [3.8, 4) is 11.1 Å². The molecule has 0 spiro atoms. The normalized spacial score (nSPS) is 20.5. The molecule has 1 saturated heterocycles. The fourth-order valence-corrected chi connectivity index (χ4v) is 6.52. The molecule has 1 heterocycles. The number of aliphatic hydroxyl groups is 1. The Morgan fingerprint density at radius 2 is 1.57 bits per heavy atom. The number of rotatable bonds is 12. The average Bonchev–Trinajstić information content (AvgIpc) is 3.05. The SMILES string of the molecule is C=CCN(C)C[C@H]1O[C@@H](c2ccc(-c3cccc(CNS(=O)(=O)c4ccccc4)c3)cc2)O[C@@H](c2ccc(CO)cc2)[C@H]1C. The average molecular weight is 613 g/mol. The number of nitrogens with zero attached hydrogens (tertiary/aromatic N) is 1. The Bertz CT molecular complexity index is 1630. The van der Waals surface area contributed by atoms with Crippen molar-refractivity contribution in [1.29, 1.82) is 0 Å². The van der Waals surface area contributed by atoms with Crippen molar-refractivity contribution in [3.05, 3.63) is 138 Å². The number of sulfonamides is 1. The van der Waals surface area contributed by atoms with E-state index in [9.17, 15) is 13.5 Å². The van der Waals surface area contributed by atoms with E-state index in [1.54, 1.807) is 30.3 Å². The lowest BCUT2D eigenvalue weighted by molar-refractivity contribution is -0.275. The summed E-state index contributed by atoms with van der Waals surface area (Å²) in [5.41, 5.74) is 5.68. The van der Waals surface area contributed by atoms with Gasteiger partial charge in [0.05, 0.1) is 23.7 Å². The number of likely N-dealkylation sites (N-methyl/N-ethyl adjacent to an activating group) is 1. The Morgan fingerprint density at radius 1 is 0.864 bits per heavy atom. The molecule has 1 fully saturated rings. The van der Waals surface area contributed by atoms with Crippen LogP contribution in [-0.4, -0.2) is 44.7 Å². The van der Waals surface area contributed by atoms with Gasteiger partial charge in [0.25, 0.3) is 0 Å². The molecule has 4 atom stereocenters. The number of aliphatic hydroxyl groups excluding tert-OH is 1. The number of nitrogens with one attached hydrogen (secondary N) is 1. The van der Waals surface area contributed by atoms with Crippen LogP contribution in [0, 0.1) is 5.92 Å². The number of ether oxygens (including phenoxy) is 2. The molecule has 1 aliphatic rings. The zero-order chi connectivity index (χ0) is 31.1. The first-order valence-corrected chi connectivity index (χ1v) is 16.3. The summed E-state index contributed by atoms with van der Waals surface area (Å²) in [5, 5.41) is 9.50. The van der Waals surface area contributed by atoms with Gasteiger partial charge in [0.1, 0.15) is 0 Å². The molecule has 0 aliphatic carbocycles. The molecule has 2 N–H and O–H groups in total. The third kappa shape index (κ3) is 7.71. The van der Waals surface area contributed by atoms with Crippen molar-refractivity contribution < 1.29 is 23.0 Å². The Morgan fingerprint density at radius 3 is 2.25 bits per heavy atom. The molecule has 8 heteroatoms. The minimum atomic E-state index is -3.60. The van der Waals surface area contributed by atoms with Crippen LogP contribution in [-0.2, 0) is 32.6 Å². The largest absolute Gasteiger partial charge is 0.392 e. The first kappa shape index (κ1) is 31.8. The molecule has 0 aromatic heterocycles. The van der Waals surface area contributed by atoms with E-state index in [0.717, 1.165) is 46.5 Å². The topological polar surface area (TPSA) is 88.1 Å². The third-order valence-corrected chi connectivity index (χ3v) is 9.44. The molecule has 1 aliphatic heterocycles. The van der Waals surface area contributed by atoms with E-state index in [-0.39, 0.29) is 36.2 Å². The van der Waals surface area contributed by atoms with Gasteiger partial charge in [-0.2, -0.15) is 0 Å². The molecule has 5 rings (SSSR count). The van der Waals surface area contributed by atoms with Crippen LogP contribution < -0.4 is 4.72 Å². The standard InChI is InChI=1S/C36H40N2O5S/c1-4-21-38(3)24-34-26(2)35(30-15-13-27(25-39)14-16-30)43-36(42-34)31-19-17-29(18-20-31)32-10-8-9-28(22-32)23-37-44(40,41)33-11-6-5-7-12-33/h4-20,22,26,34-37,39H,1,21,23-25H2,2-3H3/t26-,34+,35+,36+/m0/s1. The highest BCUT2D eigenvalue weighted by atomic mass is 32.2. The van der Waals surface area contributed by atoms with Crippen LogP contribution in [0.3, 0.4) is 0 Å². The van der Waals surface area contributed by atoms with Crippen LogP contribution in [0.2, 0.25) is 0 Å². The van der Waals surface area contributed by atoms with E-state index in [1.807, 2.05) is 78.9 Å². The predicted molar refractivity (Wildman–Crippen MR) is 173 cm³/mol. The summed E-state index contributed by atoms with van der Waals surface area (Å²) in [4.78, 5) is 2.44. The zero-order valence-electron chi connectivity index (χ0n) is 25.2. The van der Waals surface area contributed by atoms with E-state index in [4.69, 9.17) is 9.47 Å². The highest BCUT2D eigenvalue weighted by Crippen LogP contribution is 2.42. The van der Waals surface area contributed by atoms with Gasteiger partial charge in [-0.05, 0) is 53.1 Å². The second-order valence-corrected chi connectivity index (χ2v) is 13.1.